The number of nitrogens with one attached hydrogen (secondary N) is 1. The van der Waals surface area contributed by atoms with Gasteiger partial charge in [-0.2, -0.15) is 0 Å². The number of hydrogen-bond acceptors (Lipinski definition) is 3. The number of aromatic nitrogens is 2. The van der Waals surface area contributed by atoms with Crippen LogP contribution in [0.5, 0.6) is 0 Å². The van der Waals surface area contributed by atoms with Gasteiger partial charge in [0, 0.05) is 11.4 Å². The van der Waals surface area contributed by atoms with Crippen LogP contribution >= 0.6 is 11.6 Å². The number of rotatable bonds is 2. The maximum Gasteiger partial charge on any atom is 0.156 e. The Morgan fingerprint density at radius 2 is 1.68 bits per heavy atom. The number of benzene rings is 2. The molecule has 2 aromatic carbocycles. The van der Waals surface area contributed by atoms with Gasteiger partial charge < -0.3 is 9.82 Å². The second-order valence-electron chi connectivity index (χ2n) is 8.98. The zero-order chi connectivity index (χ0) is 19.4. The van der Waals surface area contributed by atoms with E-state index in [1.165, 1.54) is 12.8 Å². The lowest BCUT2D eigenvalue weighted by molar-refractivity contribution is -0.0653. The van der Waals surface area contributed by atoms with E-state index in [1.54, 1.807) is 0 Å². The lowest BCUT2D eigenvalue weighted by Gasteiger charge is -2.39. The molecule has 5 rings (SSSR count). The monoisotopic (exact) mass is 393 g/mol. The summed E-state index contributed by atoms with van der Waals surface area (Å²) in [6.07, 6.45) is 5.33. The van der Waals surface area contributed by atoms with Gasteiger partial charge in [0.05, 0.1) is 11.0 Å². The standard InChI is InChI=1S/C23H24ClN3O/c1-22(2)9-11-23(12-10-22)14-20(27-28-23)21-25-18-8-5-16(13-19(18)26-21)15-3-6-17(24)7-4-15/h3-8,13H,9-12,14H2,1-2H3,(H,25,26). The van der Waals surface area contributed by atoms with Gasteiger partial charge in [0.25, 0.3) is 0 Å². The molecule has 144 valence electrons. The van der Waals surface area contributed by atoms with E-state index in [0.717, 1.165) is 58.0 Å². The van der Waals surface area contributed by atoms with Gasteiger partial charge in [0.1, 0.15) is 11.3 Å². The van der Waals surface area contributed by atoms with Crippen molar-refractivity contribution in [1.29, 1.82) is 0 Å². The lowest BCUT2D eigenvalue weighted by atomic mass is 9.69. The fourth-order valence-corrected chi connectivity index (χ4v) is 4.39. The van der Waals surface area contributed by atoms with Gasteiger partial charge in [-0.3, -0.25) is 0 Å². The molecule has 0 radical (unpaired) electrons. The molecular formula is C23H24ClN3O. The fraction of sp³-hybridized carbons (Fsp3) is 0.391. The molecule has 1 saturated carbocycles. The smallest absolute Gasteiger partial charge is 0.156 e. The molecule has 5 heteroatoms. The van der Waals surface area contributed by atoms with Crippen LogP contribution in [0.1, 0.15) is 51.8 Å². The molecule has 1 N–H and O–H groups in total. The summed E-state index contributed by atoms with van der Waals surface area (Å²) in [5.74, 6) is 0.824. The highest BCUT2D eigenvalue weighted by Gasteiger charge is 2.45. The summed E-state index contributed by atoms with van der Waals surface area (Å²) in [6, 6.07) is 14.2. The number of halogens is 1. The van der Waals surface area contributed by atoms with E-state index in [0.29, 0.717) is 5.41 Å². The van der Waals surface area contributed by atoms with E-state index in [4.69, 9.17) is 21.4 Å². The average Bonchev–Trinajstić information content (AvgIpc) is 3.29. The van der Waals surface area contributed by atoms with Crippen molar-refractivity contribution in [3.05, 3.63) is 53.3 Å². The third kappa shape index (κ3) is 3.20. The summed E-state index contributed by atoms with van der Waals surface area (Å²) < 4.78 is 0. The second kappa shape index (κ2) is 6.35. The van der Waals surface area contributed by atoms with Crippen LogP contribution in [-0.2, 0) is 4.84 Å². The van der Waals surface area contributed by atoms with Gasteiger partial charge in [-0.25, -0.2) is 4.98 Å². The van der Waals surface area contributed by atoms with Crippen molar-refractivity contribution >= 4 is 28.3 Å². The Labute approximate surface area is 170 Å². The molecule has 0 unspecified atom stereocenters. The third-order valence-corrected chi connectivity index (χ3v) is 6.54. The van der Waals surface area contributed by atoms with Gasteiger partial charge in [-0.05, 0) is 66.5 Å². The Morgan fingerprint density at radius 1 is 0.964 bits per heavy atom. The first-order valence-corrected chi connectivity index (χ1v) is 10.3. The number of fused-ring (bicyclic) bond motifs is 1. The molecule has 28 heavy (non-hydrogen) atoms. The highest BCUT2D eigenvalue weighted by Crippen LogP contribution is 2.46. The minimum Gasteiger partial charge on any atom is -0.388 e. The molecule has 0 amide bonds. The zero-order valence-corrected chi connectivity index (χ0v) is 17.0. The Balaban J connectivity index is 1.39. The molecular weight excluding hydrogens is 370 g/mol. The number of oxime groups is 1. The van der Waals surface area contributed by atoms with Gasteiger partial charge in [-0.1, -0.05) is 48.8 Å². The quantitative estimate of drug-likeness (QED) is 0.551. The highest BCUT2D eigenvalue weighted by molar-refractivity contribution is 6.30. The minimum atomic E-state index is -0.127. The molecule has 2 aliphatic rings. The van der Waals surface area contributed by atoms with E-state index in [-0.39, 0.29) is 5.60 Å². The molecule has 1 aliphatic carbocycles. The van der Waals surface area contributed by atoms with Crippen molar-refractivity contribution in [1.82, 2.24) is 9.97 Å². The molecule has 1 fully saturated rings. The molecule has 2 heterocycles. The van der Waals surface area contributed by atoms with Crippen molar-refractivity contribution < 1.29 is 4.84 Å². The van der Waals surface area contributed by atoms with Crippen LogP contribution in [0.2, 0.25) is 5.02 Å². The van der Waals surface area contributed by atoms with Gasteiger partial charge >= 0.3 is 0 Å². The normalized spacial score (nSPS) is 20.3. The van der Waals surface area contributed by atoms with Crippen LogP contribution in [0.15, 0.2) is 47.6 Å². The Hall–Kier alpha value is -2.33. The Bertz CT molecular complexity index is 1060. The first kappa shape index (κ1) is 17.7. The van der Waals surface area contributed by atoms with Gasteiger partial charge in [0.15, 0.2) is 5.82 Å². The summed E-state index contributed by atoms with van der Waals surface area (Å²) in [5.41, 5.74) is 5.44. The number of nitrogens with zero attached hydrogens (tertiary/aromatic N) is 2. The van der Waals surface area contributed by atoms with Crippen molar-refractivity contribution in [2.75, 3.05) is 0 Å². The Morgan fingerprint density at radius 3 is 2.43 bits per heavy atom. The first-order chi connectivity index (χ1) is 13.4. The van der Waals surface area contributed by atoms with Crippen molar-refractivity contribution in [3.8, 4) is 11.1 Å². The third-order valence-electron chi connectivity index (χ3n) is 6.29. The van der Waals surface area contributed by atoms with Crippen LogP contribution in [0.4, 0.5) is 0 Å². The van der Waals surface area contributed by atoms with E-state index in [1.807, 2.05) is 24.3 Å². The second-order valence-corrected chi connectivity index (χ2v) is 9.41. The summed E-state index contributed by atoms with van der Waals surface area (Å²) in [4.78, 5) is 14.2. The molecule has 1 aromatic heterocycles. The predicted octanol–water partition coefficient (Wildman–Crippen LogP) is 6.35. The first-order valence-electron chi connectivity index (χ1n) is 9.93. The lowest BCUT2D eigenvalue weighted by Crippen LogP contribution is -2.37. The largest absolute Gasteiger partial charge is 0.388 e. The van der Waals surface area contributed by atoms with Crippen molar-refractivity contribution in [2.45, 2.75) is 51.6 Å². The molecule has 1 spiro atoms. The van der Waals surface area contributed by atoms with E-state index in [9.17, 15) is 0 Å². The summed E-state index contributed by atoms with van der Waals surface area (Å²) in [5, 5.41) is 5.17. The predicted molar refractivity (Wildman–Crippen MR) is 114 cm³/mol. The molecule has 0 atom stereocenters. The van der Waals surface area contributed by atoms with Crippen LogP contribution < -0.4 is 0 Å². The summed E-state index contributed by atoms with van der Waals surface area (Å²) in [6.45, 7) is 4.68. The number of aromatic amines is 1. The van der Waals surface area contributed by atoms with E-state index < -0.39 is 0 Å². The average molecular weight is 394 g/mol. The van der Waals surface area contributed by atoms with Crippen LogP contribution in [0, 0.1) is 5.41 Å². The highest BCUT2D eigenvalue weighted by atomic mass is 35.5. The van der Waals surface area contributed by atoms with Crippen molar-refractivity contribution in [3.63, 3.8) is 0 Å². The maximum atomic E-state index is 6.01. The van der Waals surface area contributed by atoms with Crippen molar-refractivity contribution in [2.24, 2.45) is 10.6 Å². The van der Waals surface area contributed by atoms with E-state index >= 15 is 0 Å². The fourth-order valence-electron chi connectivity index (χ4n) is 4.27. The van der Waals surface area contributed by atoms with E-state index in [2.05, 4.69) is 42.2 Å². The SMILES string of the molecule is CC1(C)CCC2(CC1)CC(c1nc3ccc(-c4ccc(Cl)cc4)cc3[nH]1)=NO2. The van der Waals surface area contributed by atoms with Crippen LogP contribution in [0.25, 0.3) is 22.2 Å². The van der Waals surface area contributed by atoms with Gasteiger partial charge in [0.2, 0.25) is 0 Å². The van der Waals surface area contributed by atoms with Crippen LogP contribution in [-0.4, -0.2) is 21.3 Å². The maximum absolute atomic E-state index is 6.01. The minimum absolute atomic E-state index is 0.127. The summed E-state index contributed by atoms with van der Waals surface area (Å²) in [7, 11) is 0. The van der Waals surface area contributed by atoms with Crippen LogP contribution in [0.3, 0.4) is 0 Å². The topological polar surface area (TPSA) is 50.3 Å². The zero-order valence-electron chi connectivity index (χ0n) is 16.3. The number of H-pyrrole nitrogens is 1. The number of hydrogen-bond donors (Lipinski definition) is 1. The molecule has 0 bridgehead atoms. The molecule has 1 aliphatic heterocycles. The Kier molecular flexibility index (Phi) is 4.02. The summed E-state index contributed by atoms with van der Waals surface area (Å²) >= 11 is 6.01. The molecule has 3 aromatic rings. The molecule has 4 nitrogen and oxygen atoms in total. The van der Waals surface area contributed by atoms with Gasteiger partial charge in [-0.15, -0.1) is 0 Å². The number of imidazole rings is 1. The molecule has 0 saturated heterocycles.